The first-order chi connectivity index (χ1) is 14.2. The summed E-state index contributed by atoms with van der Waals surface area (Å²) in [5, 5.41) is 6.41. The van der Waals surface area contributed by atoms with Crippen LogP contribution in [0.5, 0.6) is 0 Å². The van der Waals surface area contributed by atoms with E-state index in [1.807, 2.05) is 24.3 Å². The molecule has 0 bridgehead atoms. The third-order valence-electron chi connectivity index (χ3n) is 6.09. The Hall–Kier alpha value is -1.39. The molecule has 2 unspecified atom stereocenters. The second kappa shape index (κ2) is 10.8. The monoisotopic (exact) mass is 528 g/mol. The number of aliphatic imine (C=N–C) groups is 1. The number of amides is 1. The molecule has 8 heteroatoms. The Kier molecular flexibility index (Phi) is 8.35. The molecule has 1 aromatic carbocycles. The minimum absolute atomic E-state index is 0. The largest absolute Gasteiger partial charge is 0.381 e. The van der Waals surface area contributed by atoms with Crippen molar-refractivity contribution in [3.63, 3.8) is 0 Å². The summed E-state index contributed by atoms with van der Waals surface area (Å²) in [6.07, 6.45) is 3.74. The van der Waals surface area contributed by atoms with Crippen molar-refractivity contribution in [2.75, 3.05) is 44.8 Å². The minimum atomic E-state index is -0.320. The Morgan fingerprint density at radius 3 is 2.97 bits per heavy atom. The van der Waals surface area contributed by atoms with Gasteiger partial charge in [-0.05, 0) is 50.3 Å². The molecular formula is C22H33IN4O3. The van der Waals surface area contributed by atoms with Crippen molar-refractivity contribution < 1.29 is 14.3 Å². The summed E-state index contributed by atoms with van der Waals surface area (Å²) in [6.45, 7) is 7.97. The van der Waals surface area contributed by atoms with Crippen LogP contribution in [0, 0.1) is 5.41 Å². The number of benzene rings is 1. The van der Waals surface area contributed by atoms with E-state index in [9.17, 15) is 4.79 Å². The molecule has 0 radical (unpaired) electrons. The lowest BCUT2D eigenvalue weighted by atomic mass is 9.87. The normalized spacial score (nSPS) is 26.1. The van der Waals surface area contributed by atoms with Gasteiger partial charge in [0, 0.05) is 44.0 Å². The summed E-state index contributed by atoms with van der Waals surface area (Å²) in [5.74, 6) is 0.905. The number of hydrogen-bond acceptors (Lipinski definition) is 4. The van der Waals surface area contributed by atoms with Crippen molar-refractivity contribution >= 4 is 41.5 Å². The smallest absolute Gasteiger partial charge is 0.253 e. The molecule has 3 aliphatic heterocycles. The minimum Gasteiger partial charge on any atom is -0.381 e. The molecule has 1 aromatic rings. The molecular weight excluding hydrogens is 495 g/mol. The number of guanidine groups is 1. The van der Waals surface area contributed by atoms with E-state index in [-0.39, 0.29) is 36.0 Å². The van der Waals surface area contributed by atoms with E-state index in [2.05, 4.69) is 22.5 Å². The molecule has 0 aromatic heterocycles. The number of carbonyl (C=O) groups is 1. The van der Waals surface area contributed by atoms with E-state index in [0.717, 1.165) is 69.3 Å². The van der Waals surface area contributed by atoms with Gasteiger partial charge in [0.05, 0.1) is 13.2 Å². The van der Waals surface area contributed by atoms with Crippen molar-refractivity contribution in [2.45, 2.75) is 45.3 Å². The highest BCUT2D eigenvalue weighted by molar-refractivity contribution is 14.0. The van der Waals surface area contributed by atoms with Crippen LogP contribution in [0.3, 0.4) is 0 Å². The lowest BCUT2D eigenvalue weighted by molar-refractivity contribution is -0.124. The van der Waals surface area contributed by atoms with Gasteiger partial charge in [-0.1, -0.05) is 12.1 Å². The van der Waals surface area contributed by atoms with Gasteiger partial charge in [0.15, 0.2) is 5.96 Å². The molecule has 166 valence electrons. The predicted octanol–water partition coefficient (Wildman–Crippen LogP) is 3.00. The lowest BCUT2D eigenvalue weighted by Gasteiger charge is -2.25. The Morgan fingerprint density at radius 1 is 1.33 bits per heavy atom. The fourth-order valence-corrected chi connectivity index (χ4v) is 4.43. The van der Waals surface area contributed by atoms with E-state index in [1.165, 1.54) is 6.42 Å². The summed E-state index contributed by atoms with van der Waals surface area (Å²) >= 11 is 0. The average Bonchev–Trinajstić information content (AvgIpc) is 3.49. The number of nitrogens with one attached hydrogen (secondary N) is 2. The van der Waals surface area contributed by atoms with Crippen LogP contribution in [0.15, 0.2) is 29.3 Å². The van der Waals surface area contributed by atoms with Gasteiger partial charge >= 0.3 is 0 Å². The molecule has 3 heterocycles. The van der Waals surface area contributed by atoms with Gasteiger partial charge in [0.1, 0.15) is 6.10 Å². The zero-order valence-corrected chi connectivity index (χ0v) is 20.0. The Labute approximate surface area is 196 Å². The van der Waals surface area contributed by atoms with Crippen LogP contribution >= 0.6 is 24.0 Å². The maximum Gasteiger partial charge on any atom is 0.253 e. The molecule has 2 N–H and O–H groups in total. The Bertz CT molecular complexity index is 746. The maximum absolute atomic E-state index is 12.3. The quantitative estimate of drug-likeness (QED) is 0.349. The summed E-state index contributed by atoms with van der Waals surface area (Å²) in [7, 11) is 0. The topological polar surface area (TPSA) is 75.2 Å². The number of rotatable bonds is 5. The van der Waals surface area contributed by atoms with E-state index in [1.54, 1.807) is 0 Å². The van der Waals surface area contributed by atoms with Gasteiger partial charge in [-0.3, -0.25) is 4.79 Å². The van der Waals surface area contributed by atoms with E-state index in [0.29, 0.717) is 18.6 Å². The van der Waals surface area contributed by atoms with E-state index >= 15 is 0 Å². The first kappa shape index (κ1) is 23.3. The number of carbonyl (C=O) groups excluding carboxylic acids is 1. The SMILES string of the molecule is CCNC(=NCc1cccc(NC(=O)C2CCCO2)c1)N1CCC2(CCOC2)C1.I. The Morgan fingerprint density at radius 2 is 2.23 bits per heavy atom. The van der Waals surface area contributed by atoms with Crippen molar-refractivity contribution in [1.82, 2.24) is 10.2 Å². The van der Waals surface area contributed by atoms with Crippen LogP contribution in [0.2, 0.25) is 0 Å². The predicted molar refractivity (Wildman–Crippen MR) is 128 cm³/mol. The fraction of sp³-hybridized carbons (Fsp3) is 0.636. The zero-order valence-electron chi connectivity index (χ0n) is 17.7. The van der Waals surface area contributed by atoms with Gasteiger partial charge in [-0.15, -0.1) is 24.0 Å². The van der Waals surface area contributed by atoms with Gasteiger partial charge in [-0.25, -0.2) is 4.99 Å². The molecule has 3 fully saturated rings. The first-order valence-corrected chi connectivity index (χ1v) is 10.8. The lowest BCUT2D eigenvalue weighted by Crippen LogP contribution is -2.41. The van der Waals surface area contributed by atoms with Crippen molar-refractivity contribution in [3.8, 4) is 0 Å². The molecule has 30 heavy (non-hydrogen) atoms. The molecule has 7 nitrogen and oxygen atoms in total. The molecule has 4 rings (SSSR count). The molecule has 3 saturated heterocycles. The highest BCUT2D eigenvalue weighted by Gasteiger charge is 2.42. The average molecular weight is 528 g/mol. The van der Waals surface area contributed by atoms with Gasteiger partial charge in [-0.2, -0.15) is 0 Å². The standard InChI is InChI=1S/C22H32N4O3.HI/c1-2-23-21(26-10-8-22(15-26)9-12-28-16-22)24-14-17-5-3-6-18(13-17)25-20(27)19-7-4-11-29-19;/h3,5-6,13,19H,2,4,7-12,14-16H2,1H3,(H,23,24)(H,25,27);1H. The molecule has 0 aliphatic carbocycles. The van der Waals surface area contributed by atoms with Crippen LogP contribution in [-0.2, 0) is 20.8 Å². The summed E-state index contributed by atoms with van der Waals surface area (Å²) in [6, 6.07) is 7.92. The van der Waals surface area contributed by atoms with Crippen molar-refractivity contribution in [3.05, 3.63) is 29.8 Å². The number of anilines is 1. The van der Waals surface area contributed by atoms with E-state index in [4.69, 9.17) is 14.5 Å². The van der Waals surface area contributed by atoms with E-state index < -0.39 is 0 Å². The van der Waals surface area contributed by atoms with Crippen LogP contribution in [0.25, 0.3) is 0 Å². The molecule has 1 amide bonds. The zero-order chi connectivity index (χ0) is 20.1. The summed E-state index contributed by atoms with van der Waals surface area (Å²) in [4.78, 5) is 19.5. The van der Waals surface area contributed by atoms with Gasteiger partial charge < -0.3 is 25.0 Å². The fourth-order valence-electron chi connectivity index (χ4n) is 4.43. The van der Waals surface area contributed by atoms with Crippen molar-refractivity contribution in [1.29, 1.82) is 0 Å². The molecule has 0 saturated carbocycles. The highest BCUT2D eigenvalue weighted by atomic mass is 127. The van der Waals surface area contributed by atoms with Crippen LogP contribution in [0.1, 0.15) is 38.2 Å². The third kappa shape index (κ3) is 5.64. The number of ether oxygens (including phenoxy) is 2. The third-order valence-corrected chi connectivity index (χ3v) is 6.09. The number of halogens is 1. The van der Waals surface area contributed by atoms with Crippen LogP contribution < -0.4 is 10.6 Å². The van der Waals surface area contributed by atoms with Gasteiger partial charge in [0.2, 0.25) is 0 Å². The molecule has 3 aliphatic rings. The highest BCUT2D eigenvalue weighted by Crippen LogP contribution is 2.38. The van der Waals surface area contributed by atoms with Gasteiger partial charge in [0.25, 0.3) is 5.91 Å². The number of hydrogen-bond donors (Lipinski definition) is 2. The number of nitrogens with zero attached hydrogens (tertiary/aromatic N) is 2. The molecule has 1 spiro atoms. The number of likely N-dealkylation sites (tertiary alicyclic amines) is 1. The second-order valence-corrected chi connectivity index (χ2v) is 8.34. The van der Waals surface area contributed by atoms with Crippen molar-refractivity contribution in [2.24, 2.45) is 10.4 Å². The van der Waals surface area contributed by atoms with Crippen LogP contribution in [-0.4, -0.2) is 62.3 Å². The van der Waals surface area contributed by atoms with Crippen LogP contribution in [0.4, 0.5) is 5.69 Å². The first-order valence-electron chi connectivity index (χ1n) is 10.8. The summed E-state index contributed by atoms with van der Waals surface area (Å²) in [5.41, 5.74) is 2.18. The molecule has 2 atom stereocenters. The second-order valence-electron chi connectivity index (χ2n) is 8.34. The maximum atomic E-state index is 12.3. The Balaban J connectivity index is 0.00000256. The summed E-state index contributed by atoms with van der Waals surface area (Å²) < 4.78 is 11.1.